The lowest BCUT2D eigenvalue weighted by atomic mass is 9.98. The molecule has 0 aliphatic heterocycles. The molecular weight excluding hydrogens is 246 g/mol. The van der Waals surface area contributed by atoms with E-state index in [0.29, 0.717) is 5.82 Å². The van der Waals surface area contributed by atoms with Gasteiger partial charge in [0.25, 0.3) is 5.56 Å². The Morgan fingerprint density at radius 3 is 2.67 bits per heavy atom. The van der Waals surface area contributed by atoms with Crippen LogP contribution in [0.15, 0.2) is 23.3 Å². The van der Waals surface area contributed by atoms with Crippen molar-refractivity contribution in [2.75, 3.05) is 0 Å². The predicted octanol–water partition coefficient (Wildman–Crippen LogP) is 2.69. The van der Waals surface area contributed by atoms with Crippen molar-refractivity contribution in [2.24, 2.45) is 0 Å². The standard InChI is InChI=1S/C13H15N3OS/c1-13(2,3)12-15-8-9(18-12)4-5-10-14-7-6-11(17)16-10/h4-8H,1-3H3,(H,14,16,17)/b5-4+. The lowest BCUT2D eigenvalue weighted by Gasteiger charge is -2.13. The summed E-state index contributed by atoms with van der Waals surface area (Å²) < 4.78 is 0. The van der Waals surface area contributed by atoms with Gasteiger partial charge in [0, 0.05) is 28.8 Å². The van der Waals surface area contributed by atoms with Crippen LogP contribution >= 0.6 is 11.3 Å². The molecule has 4 nitrogen and oxygen atoms in total. The van der Waals surface area contributed by atoms with E-state index < -0.39 is 0 Å². The second-order valence-corrected chi connectivity index (χ2v) is 6.03. The third-order valence-corrected chi connectivity index (χ3v) is 3.65. The molecule has 2 aromatic heterocycles. The number of aromatic nitrogens is 3. The largest absolute Gasteiger partial charge is 0.307 e. The monoisotopic (exact) mass is 261 g/mol. The third-order valence-electron chi connectivity index (χ3n) is 2.26. The molecule has 18 heavy (non-hydrogen) atoms. The van der Waals surface area contributed by atoms with Crippen LogP contribution in [-0.2, 0) is 5.41 Å². The van der Waals surface area contributed by atoms with E-state index in [4.69, 9.17) is 0 Å². The van der Waals surface area contributed by atoms with Gasteiger partial charge in [-0.15, -0.1) is 11.3 Å². The lowest BCUT2D eigenvalue weighted by molar-refractivity contribution is 0.585. The molecule has 0 aliphatic carbocycles. The number of nitrogens with one attached hydrogen (secondary N) is 1. The van der Waals surface area contributed by atoms with Gasteiger partial charge in [-0.2, -0.15) is 0 Å². The zero-order valence-electron chi connectivity index (χ0n) is 10.6. The van der Waals surface area contributed by atoms with Gasteiger partial charge < -0.3 is 4.98 Å². The highest BCUT2D eigenvalue weighted by atomic mass is 32.1. The summed E-state index contributed by atoms with van der Waals surface area (Å²) in [5.74, 6) is 0.549. The van der Waals surface area contributed by atoms with Crippen LogP contribution in [0.5, 0.6) is 0 Å². The number of aromatic amines is 1. The zero-order valence-corrected chi connectivity index (χ0v) is 11.4. The molecule has 0 unspecified atom stereocenters. The van der Waals surface area contributed by atoms with E-state index in [1.54, 1.807) is 17.4 Å². The first-order chi connectivity index (χ1) is 8.45. The Bertz CT molecular complexity index is 619. The van der Waals surface area contributed by atoms with Crippen molar-refractivity contribution in [3.63, 3.8) is 0 Å². The summed E-state index contributed by atoms with van der Waals surface area (Å²) >= 11 is 1.65. The Labute approximate surface area is 109 Å². The van der Waals surface area contributed by atoms with Crippen LogP contribution in [0.25, 0.3) is 12.2 Å². The first-order valence-corrected chi connectivity index (χ1v) is 6.46. The van der Waals surface area contributed by atoms with Gasteiger partial charge in [-0.25, -0.2) is 9.97 Å². The number of rotatable bonds is 2. The Balaban J connectivity index is 2.19. The van der Waals surface area contributed by atoms with Gasteiger partial charge in [-0.05, 0) is 12.2 Å². The fraction of sp³-hybridized carbons (Fsp3) is 0.308. The van der Waals surface area contributed by atoms with Gasteiger partial charge in [0.2, 0.25) is 0 Å². The fourth-order valence-electron chi connectivity index (χ4n) is 1.34. The van der Waals surface area contributed by atoms with Crippen LogP contribution < -0.4 is 5.56 Å². The first-order valence-electron chi connectivity index (χ1n) is 5.65. The maximum atomic E-state index is 11.1. The third kappa shape index (κ3) is 3.13. The highest BCUT2D eigenvalue weighted by Gasteiger charge is 2.17. The minimum absolute atomic E-state index is 0.0655. The number of H-pyrrole nitrogens is 1. The van der Waals surface area contributed by atoms with Gasteiger partial charge >= 0.3 is 0 Å². The van der Waals surface area contributed by atoms with E-state index >= 15 is 0 Å². The molecule has 0 aliphatic rings. The predicted molar refractivity (Wildman–Crippen MR) is 74.6 cm³/mol. The van der Waals surface area contributed by atoms with Crippen LogP contribution in [-0.4, -0.2) is 15.0 Å². The minimum Gasteiger partial charge on any atom is -0.307 e. The SMILES string of the molecule is CC(C)(C)c1ncc(/C=C/c2nccc(=O)[nH]2)s1. The Morgan fingerprint density at radius 2 is 2.06 bits per heavy atom. The van der Waals surface area contributed by atoms with Crippen molar-refractivity contribution in [3.05, 3.63) is 44.5 Å². The number of nitrogens with zero attached hydrogens (tertiary/aromatic N) is 2. The Kier molecular flexibility index (Phi) is 3.43. The lowest BCUT2D eigenvalue weighted by Crippen LogP contribution is -2.09. The van der Waals surface area contributed by atoms with Crippen molar-refractivity contribution in [3.8, 4) is 0 Å². The average molecular weight is 261 g/mol. The van der Waals surface area contributed by atoms with Crippen molar-refractivity contribution < 1.29 is 0 Å². The summed E-state index contributed by atoms with van der Waals surface area (Å²) in [7, 11) is 0. The Hall–Kier alpha value is -1.75. The molecular formula is C13H15N3OS. The average Bonchev–Trinajstić information content (AvgIpc) is 2.74. The van der Waals surface area contributed by atoms with Gasteiger partial charge in [0.15, 0.2) is 0 Å². The summed E-state index contributed by atoms with van der Waals surface area (Å²) in [6.07, 6.45) is 7.01. The van der Waals surface area contributed by atoms with E-state index in [-0.39, 0.29) is 11.0 Å². The summed E-state index contributed by atoms with van der Waals surface area (Å²) in [4.78, 5) is 23.2. The van der Waals surface area contributed by atoms with E-state index in [0.717, 1.165) is 9.88 Å². The molecule has 5 heteroatoms. The summed E-state index contributed by atoms with van der Waals surface area (Å²) in [5, 5.41) is 1.09. The van der Waals surface area contributed by atoms with Crippen LogP contribution in [0.1, 0.15) is 36.5 Å². The quantitative estimate of drug-likeness (QED) is 0.904. The van der Waals surface area contributed by atoms with Crippen molar-refractivity contribution in [1.29, 1.82) is 0 Å². The van der Waals surface area contributed by atoms with E-state index in [1.165, 1.54) is 12.3 Å². The molecule has 0 spiro atoms. The molecule has 0 atom stereocenters. The van der Waals surface area contributed by atoms with Crippen molar-refractivity contribution in [1.82, 2.24) is 15.0 Å². The molecule has 2 heterocycles. The minimum atomic E-state index is -0.149. The number of thiazole rings is 1. The molecule has 94 valence electrons. The highest BCUT2D eigenvalue weighted by Crippen LogP contribution is 2.27. The zero-order chi connectivity index (χ0) is 13.2. The molecule has 0 saturated heterocycles. The summed E-state index contributed by atoms with van der Waals surface area (Å²) in [6, 6.07) is 1.39. The van der Waals surface area contributed by atoms with E-state index in [1.807, 2.05) is 12.3 Å². The fourth-order valence-corrected chi connectivity index (χ4v) is 2.22. The smallest absolute Gasteiger partial charge is 0.251 e. The van der Waals surface area contributed by atoms with Crippen molar-refractivity contribution >= 4 is 23.5 Å². The molecule has 2 aromatic rings. The molecule has 0 bridgehead atoms. The molecule has 0 radical (unpaired) electrons. The van der Waals surface area contributed by atoms with E-state index in [2.05, 4.69) is 35.7 Å². The van der Waals surface area contributed by atoms with E-state index in [9.17, 15) is 4.79 Å². The molecule has 0 saturated carbocycles. The number of hydrogen-bond donors (Lipinski definition) is 1. The topological polar surface area (TPSA) is 58.6 Å². The summed E-state index contributed by atoms with van der Waals surface area (Å²) in [5.41, 5.74) is -0.0832. The Morgan fingerprint density at radius 1 is 1.28 bits per heavy atom. The molecule has 0 amide bonds. The van der Waals surface area contributed by atoms with Crippen molar-refractivity contribution in [2.45, 2.75) is 26.2 Å². The normalized spacial score (nSPS) is 12.2. The molecule has 1 N–H and O–H groups in total. The van der Waals surface area contributed by atoms with Crippen LogP contribution in [0.3, 0.4) is 0 Å². The molecule has 2 rings (SSSR count). The second-order valence-electron chi connectivity index (χ2n) is 4.97. The van der Waals surface area contributed by atoms with Crippen LogP contribution in [0.4, 0.5) is 0 Å². The van der Waals surface area contributed by atoms with Crippen LogP contribution in [0.2, 0.25) is 0 Å². The molecule has 0 aromatic carbocycles. The number of hydrogen-bond acceptors (Lipinski definition) is 4. The first kappa shape index (κ1) is 12.7. The van der Waals surface area contributed by atoms with Gasteiger partial charge in [0.1, 0.15) is 5.82 Å². The maximum Gasteiger partial charge on any atom is 0.251 e. The van der Waals surface area contributed by atoms with Crippen LogP contribution in [0, 0.1) is 0 Å². The second kappa shape index (κ2) is 4.86. The maximum absolute atomic E-state index is 11.1. The molecule has 0 fully saturated rings. The van der Waals surface area contributed by atoms with Gasteiger partial charge in [-0.1, -0.05) is 20.8 Å². The van der Waals surface area contributed by atoms with Gasteiger partial charge in [-0.3, -0.25) is 4.79 Å². The summed E-state index contributed by atoms with van der Waals surface area (Å²) in [6.45, 7) is 6.40. The highest BCUT2D eigenvalue weighted by molar-refractivity contribution is 7.12. The van der Waals surface area contributed by atoms with Gasteiger partial charge in [0.05, 0.1) is 5.01 Å².